The van der Waals surface area contributed by atoms with Gasteiger partial charge in [0.15, 0.2) is 5.96 Å². The Kier molecular flexibility index (Phi) is 12.3. The molecular weight excluding hydrogens is 407 g/mol. The van der Waals surface area contributed by atoms with Crippen molar-refractivity contribution in [1.29, 1.82) is 0 Å². The predicted molar refractivity (Wildman–Crippen MR) is 106 cm³/mol. The number of piperidine rings is 1. The Hall–Kier alpha value is -0.730. The summed E-state index contributed by atoms with van der Waals surface area (Å²) in [6.07, 6.45) is 3.94. The van der Waals surface area contributed by atoms with Crippen LogP contribution in [-0.4, -0.2) is 56.3 Å². The summed E-state index contributed by atoms with van der Waals surface area (Å²) in [6.45, 7) is 9.69. The molecule has 0 atom stereocenters. The summed E-state index contributed by atoms with van der Waals surface area (Å²) in [5.74, 6) is 1.54. The first-order valence-corrected chi connectivity index (χ1v) is 8.52. The third-order valence-corrected chi connectivity index (χ3v) is 4.28. The Morgan fingerprint density at radius 1 is 1.26 bits per heavy atom. The van der Waals surface area contributed by atoms with Crippen molar-refractivity contribution in [3.8, 4) is 0 Å². The van der Waals surface area contributed by atoms with Crippen molar-refractivity contribution in [2.24, 2.45) is 10.9 Å². The molecule has 0 saturated carbocycles. The van der Waals surface area contributed by atoms with Crippen molar-refractivity contribution < 1.29 is 9.53 Å². The zero-order valence-electron chi connectivity index (χ0n) is 14.9. The monoisotopic (exact) mass is 440 g/mol. The lowest BCUT2D eigenvalue weighted by Gasteiger charge is -2.32. The van der Waals surface area contributed by atoms with Gasteiger partial charge in [0.25, 0.3) is 0 Å². The Bertz CT molecular complexity index is 354. The lowest BCUT2D eigenvalue weighted by molar-refractivity contribution is 0.111. The molecule has 0 spiro atoms. The van der Waals surface area contributed by atoms with Crippen molar-refractivity contribution in [3.63, 3.8) is 0 Å². The number of hydrogen-bond donors (Lipinski definition) is 2. The molecule has 0 unspecified atom stereocenters. The minimum Gasteiger partial charge on any atom is -0.453 e. The van der Waals surface area contributed by atoms with E-state index in [1.54, 1.807) is 4.90 Å². The zero-order chi connectivity index (χ0) is 16.4. The fraction of sp³-hybridized carbons (Fsp3) is 0.875. The van der Waals surface area contributed by atoms with Gasteiger partial charge < -0.3 is 20.3 Å². The minimum absolute atomic E-state index is 0. The molecule has 6 nitrogen and oxygen atoms in total. The van der Waals surface area contributed by atoms with E-state index in [2.05, 4.69) is 31.4 Å². The molecule has 1 fully saturated rings. The number of rotatable bonds is 6. The van der Waals surface area contributed by atoms with E-state index in [0.29, 0.717) is 12.0 Å². The largest absolute Gasteiger partial charge is 0.453 e. The highest BCUT2D eigenvalue weighted by atomic mass is 127. The fourth-order valence-electron chi connectivity index (χ4n) is 2.62. The highest BCUT2D eigenvalue weighted by Crippen LogP contribution is 2.11. The third-order valence-electron chi connectivity index (χ3n) is 4.28. The molecule has 0 aromatic heterocycles. The van der Waals surface area contributed by atoms with Gasteiger partial charge in [-0.2, -0.15) is 0 Å². The van der Waals surface area contributed by atoms with E-state index in [-0.39, 0.29) is 30.1 Å². The predicted octanol–water partition coefficient (Wildman–Crippen LogP) is 2.83. The first-order valence-electron chi connectivity index (χ1n) is 8.52. The number of hydrogen-bond acceptors (Lipinski definition) is 3. The molecule has 0 radical (unpaired) electrons. The Morgan fingerprint density at radius 2 is 1.87 bits per heavy atom. The molecule has 1 amide bonds. The first-order chi connectivity index (χ1) is 10.6. The molecule has 0 aromatic carbocycles. The van der Waals surface area contributed by atoms with Crippen LogP contribution in [0.1, 0.15) is 46.5 Å². The maximum Gasteiger partial charge on any atom is 0.409 e. The highest BCUT2D eigenvalue weighted by Gasteiger charge is 2.23. The molecule has 1 heterocycles. The maximum absolute atomic E-state index is 11.5. The van der Waals surface area contributed by atoms with Gasteiger partial charge in [0.1, 0.15) is 0 Å². The summed E-state index contributed by atoms with van der Waals surface area (Å²) in [5, 5.41) is 6.81. The second-order valence-corrected chi connectivity index (χ2v) is 5.78. The van der Waals surface area contributed by atoms with Crippen LogP contribution in [0.3, 0.4) is 0 Å². The number of amides is 1. The molecule has 23 heavy (non-hydrogen) atoms. The van der Waals surface area contributed by atoms with E-state index in [0.717, 1.165) is 57.8 Å². The van der Waals surface area contributed by atoms with Crippen LogP contribution in [0.5, 0.6) is 0 Å². The van der Waals surface area contributed by atoms with Gasteiger partial charge in [-0.25, -0.2) is 4.79 Å². The number of likely N-dealkylation sites (tertiary alicyclic amines) is 1. The van der Waals surface area contributed by atoms with Gasteiger partial charge in [0.05, 0.1) is 7.11 Å². The van der Waals surface area contributed by atoms with E-state index in [4.69, 9.17) is 9.73 Å². The van der Waals surface area contributed by atoms with Crippen LogP contribution in [0.2, 0.25) is 0 Å². The van der Waals surface area contributed by atoms with Gasteiger partial charge >= 0.3 is 6.09 Å². The van der Waals surface area contributed by atoms with E-state index < -0.39 is 0 Å². The number of carbonyl (C=O) groups excluding carboxylic acids is 1. The van der Waals surface area contributed by atoms with Crippen LogP contribution in [0.25, 0.3) is 0 Å². The fourth-order valence-corrected chi connectivity index (χ4v) is 2.62. The van der Waals surface area contributed by atoms with Crippen molar-refractivity contribution in [2.75, 3.05) is 33.3 Å². The van der Waals surface area contributed by atoms with E-state index in [9.17, 15) is 4.79 Å². The van der Waals surface area contributed by atoms with Gasteiger partial charge in [-0.05, 0) is 25.7 Å². The Labute approximate surface area is 157 Å². The summed E-state index contributed by atoms with van der Waals surface area (Å²) in [6, 6.07) is 0.361. The van der Waals surface area contributed by atoms with Crippen LogP contribution < -0.4 is 10.6 Å². The summed E-state index contributed by atoms with van der Waals surface area (Å²) < 4.78 is 4.76. The average molecular weight is 440 g/mol. The second kappa shape index (κ2) is 12.7. The summed E-state index contributed by atoms with van der Waals surface area (Å²) in [7, 11) is 1.43. The minimum atomic E-state index is -0.229. The van der Waals surface area contributed by atoms with Crippen molar-refractivity contribution in [2.45, 2.75) is 52.5 Å². The lowest BCUT2D eigenvalue weighted by atomic mass is 10.0. The molecule has 136 valence electrons. The molecule has 0 aromatic rings. The first kappa shape index (κ1) is 22.3. The van der Waals surface area contributed by atoms with Gasteiger partial charge in [0, 0.05) is 32.2 Å². The molecule has 7 heteroatoms. The van der Waals surface area contributed by atoms with Crippen LogP contribution in [0.15, 0.2) is 4.99 Å². The Balaban J connectivity index is 0.00000484. The molecular formula is C16H33IN4O2. The summed E-state index contributed by atoms with van der Waals surface area (Å²) in [4.78, 5) is 18.0. The molecule has 2 N–H and O–H groups in total. The average Bonchev–Trinajstić information content (AvgIpc) is 2.55. The number of carbonyl (C=O) groups is 1. The second-order valence-electron chi connectivity index (χ2n) is 5.78. The highest BCUT2D eigenvalue weighted by molar-refractivity contribution is 14.0. The molecule has 1 rings (SSSR count). The van der Waals surface area contributed by atoms with Crippen LogP contribution in [0, 0.1) is 5.92 Å². The lowest BCUT2D eigenvalue weighted by Crippen LogP contribution is -2.49. The van der Waals surface area contributed by atoms with Crippen molar-refractivity contribution >= 4 is 36.0 Å². The number of nitrogens with one attached hydrogen (secondary N) is 2. The Morgan fingerprint density at radius 3 is 2.35 bits per heavy atom. The van der Waals surface area contributed by atoms with E-state index in [1.165, 1.54) is 7.11 Å². The molecule has 1 aliphatic rings. The molecule has 0 aliphatic carbocycles. The van der Waals surface area contributed by atoms with Gasteiger partial charge in [-0.1, -0.05) is 26.7 Å². The van der Waals surface area contributed by atoms with Crippen LogP contribution in [-0.2, 0) is 4.74 Å². The number of nitrogens with zero attached hydrogens (tertiary/aromatic N) is 2. The number of guanidine groups is 1. The normalized spacial score (nSPS) is 16.0. The summed E-state index contributed by atoms with van der Waals surface area (Å²) >= 11 is 0. The van der Waals surface area contributed by atoms with Crippen LogP contribution >= 0.6 is 24.0 Å². The van der Waals surface area contributed by atoms with Crippen molar-refractivity contribution in [1.82, 2.24) is 15.5 Å². The smallest absolute Gasteiger partial charge is 0.409 e. The molecule has 1 saturated heterocycles. The molecule has 1 aliphatic heterocycles. The van der Waals surface area contributed by atoms with Crippen molar-refractivity contribution in [3.05, 3.63) is 0 Å². The zero-order valence-corrected chi connectivity index (χ0v) is 17.3. The number of methoxy groups -OCH3 is 1. The van der Waals surface area contributed by atoms with E-state index >= 15 is 0 Å². The number of aliphatic imine (C=N–C) groups is 1. The van der Waals surface area contributed by atoms with E-state index in [1.807, 2.05) is 0 Å². The van der Waals surface area contributed by atoms with Gasteiger partial charge in [-0.3, -0.25) is 4.99 Å². The standard InChI is InChI=1S/C16H32N4O2.HI/c1-5-13(6-2)12-18-15(17-7-3)19-14-8-10-20(11-9-14)16(21)22-4;/h13-14H,5-12H2,1-4H3,(H2,17,18,19);1H. The molecule has 0 bridgehead atoms. The maximum atomic E-state index is 11.5. The third kappa shape index (κ3) is 8.08. The SMILES string of the molecule is CCNC(=NCC(CC)CC)NC1CCN(C(=O)OC)CC1.I. The van der Waals surface area contributed by atoms with Crippen LogP contribution in [0.4, 0.5) is 4.79 Å². The quantitative estimate of drug-likeness (QED) is 0.379. The van der Waals surface area contributed by atoms with Gasteiger partial charge in [0.2, 0.25) is 0 Å². The number of ether oxygens (including phenoxy) is 1. The summed E-state index contributed by atoms with van der Waals surface area (Å²) in [5.41, 5.74) is 0. The van der Waals surface area contributed by atoms with Gasteiger partial charge in [-0.15, -0.1) is 24.0 Å². The topological polar surface area (TPSA) is 66.0 Å². The number of halogens is 1.